The van der Waals surface area contributed by atoms with E-state index in [1.807, 2.05) is 0 Å². The lowest BCUT2D eigenvalue weighted by Crippen LogP contribution is -2.61. The third-order valence-corrected chi connectivity index (χ3v) is 14.9. The molecule has 0 spiro atoms. The van der Waals surface area contributed by atoms with Crippen LogP contribution in [0.3, 0.4) is 0 Å². The minimum absolute atomic E-state index is 0.0118. The van der Waals surface area contributed by atoms with Gasteiger partial charge in [0, 0.05) is 50.5 Å². The number of rotatable bonds is 4. The summed E-state index contributed by atoms with van der Waals surface area (Å²) >= 11 is 0. The third kappa shape index (κ3) is 6.12. The summed E-state index contributed by atoms with van der Waals surface area (Å²) in [7, 11) is 0. The summed E-state index contributed by atoms with van der Waals surface area (Å²) in [5.74, 6) is 0. The van der Waals surface area contributed by atoms with Crippen molar-refractivity contribution in [2.75, 3.05) is 9.80 Å². The van der Waals surface area contributed by atoms with Gasteiger partial charge in [0.1, 0.15) is 11.2 Å². The van der Waals surface area contributed by atoms with Gasteiger partial charge in [0.05, 0.1) is 0 Å². The molecule has 9 aromatic carbocycles. The lowest BCUT2D eigenvalue weighted by Gasteiger charge is -2.44. The van der Waals surface area contributed by atoms with Gasteiger partial charge in [-0.15, -0.1) is 0 Å². The van der Waals surface area contributed by atoms with Gasteiger partial charge in [-0.2, -0.15) is 0 Å². The molecule has 1 aromatic heterocycles. The molecule has 2 aliphatic heterocycles. The minimum Gasteiger partial charge on any atom is -0.455 e. The van der Waals surface area contributed by atoms with E-state index in [2.05, 4.69) is 239 Å². The molecule has 0 unspecified atom stereocenters. The third-order valence-electron chi connectivity index (χ3n) is 14.9. The zero-order valence-electron chi connectivity index (χ0n) is 39.0. The normalized spacial score (nSPS) is 13.7. The molecular weight excluding hydrogens is 812 g/mol. The Morgan fingerprint density at radius 3 is 1.58 bits per heavy atom. The Labute approximate surface area is 394 Å². The first-order valence-electron chi connectivity index (χ1n) is 23.8. The van der Waals surface area contributed by atoms with Crippen LogP contribution in [0.1, 0.15) is 63.8 Å². The van der Waals surface area contributed by atoms with E-state index in [-0.39, 0.29) is 17.5 Å². The van der Waals surface area contributed by atoms with Gasteiger partial charge in [-0.3, -0.25) is 0 Å². The summed E-state index contributed by atoms with van der Waals surface area (Å²) in [6, 6.07) is 70.7. The number of fused-ring (bicyclic) bond motifs is 10. The van der Waals surface area contributed by atoms with E-state index < -0.39 is 0 Å². The van der Waals surface area contributed by atoms with Crippen molar-refractivity contribution in [2.24, 2.45) is 0 Å². The van der Waals surface area contributed by atoms with Crippen molar-refractivity contribution < 1.29 is 4.42 Å². The number of anilines is 6. The molecule has 1 aliphatic carbocycles. The Kier molecular flexibility index (Phi) is 8.59. The molecule has 0 atom stereocenters. The maximum atomic E-state index is 6.66. The van der Waals surface area contributed by atoms with E-state index in [0.717, 1.165) is 50.9 Å². The summed E-state index contributed by atoms with van der Waals surface area (Å²) in [6.45, 7) is 13.7. The standard InChI is InChI=1S/C63H51BN2O/c1-62(2,3)42-26-30-44(31-27-42)65-55-21-13-22-56-60(55)64(53-34-24-40(37-57(53)65)47-17-11-19-49-46-15-8-7-14-39(46)36-52(47)49)54-35-25-41(38-58(54)66(56)45-32-28-43(29-33-45)63(4,5)6)48-18-12-20-51-50-16-9-10-23-59(50)67-61(48)51/h7-35,37-38H,36H2,1-6H3. The molecule has 3 heterocycles. The number of hydrogen-bond acceptors (Lipinski definition) is 3. The lowest BCUT2D eigenvalue weighted by molar-refractivity contribution is 0.590. The van der Waals surface area contributed by atoms with E-state index in [9.17, 15) is 0 Å². The fraction of sp³-hybridized carbons (Fsp3) is 0.143. The minimum atomic E-state index is -0.0118. The van der Waals surface area contributed by atoms with Crippen LogP contribution in [0.4, 0.5) is 34.1 Å². The quantitative estimate of drug-likeness (QED) is 0.164. The fourth-order valence-electron chi connectivity index (χ4n) is 11.4. The van der Waals surface area contributed by atoms with Crippen molar-refractivity contribution in [1.82, 2.24) is 0 Å². The number of nitrogens with zero attached hydrogens (tertiary/aromatic N) is 2. The zero-order valence-corrected chi connectivity index (χ0v) is 39.0. The molecule has 0 amide bonds. The highest BCUT2D eigenvalue weighted by molar-refractivity contribution is 7.00. The Bertz CT molecular complexity index is 3640. The fourth-order valence-corrected chi connectivity index (χ4v) is 11.4. The first-order chi connectivity index (χ1) is 32.5. The molecule has 67 heavy (non-hydrogen) atoms. The van der Waals surface area contributed by atoms with Gasteiger partial charge in [0.25, 0.3) is 6.71 Å². The van der Waals surface area contributed by atoms with Crippen LogP contribution in [0.15, 0.2) is 192 Å². The van der Waals surface area contributed by atoms with Gasteiger partial charge < -0.3 is 14.2 Å². The summed E-state index contributed by atoms with van der Waals surface area (Å²) in [5, 5.41) is 2.27. The molecular formula is C63H51BN2O. The van der Waals surface area contributed by atoms with Gasteiger partial charge in [-0.05, 0) is 138 Å². The van der Waals surface area contributed by atoms with Gasteiger partial charge in [0.2, 0.25) is 0 Å². The Hall–Kier alpha value is -7.56. The first-order valence-corrected chi connectivity index (χ1v) is 23.8. The highest BCUT2D eigenvalue weighted by Crippen LogP contribution is 2.48. The van der Waals surface area contributed by atoms with Crippen molar-refractivity contribution in [3.8, 4) is 33.4 Å². The smallest absolute Gasteiger partial charge is 0.252 e. The maximum absolute atomic E-state index is 6.66. The van der Waals surface area contributed by atoms with Gasteiger partial charge in [0.15, 0.2) is 0 Å². The van der Waals surface area contributed by atoms with Crippen LogP contribution in [0.25, 0.3) is 55.3 Å². The molecule has 4 heteroatoms. The molecule has 0 bridgehead atoms. The van der Waals surface area contributed by atoms with E-state index >= 15 is 0 Å². The highest BCUT2D eigenvalue weighted by Gasteiger charge is 2.43. The molecule has 322 valence electrons. The van der Waals surface area contributed by atoms with Crippen molar-refractivity contribution in [1.29, 1.82) is 0 Å². The Morgan fingerprint density at radius 1 is 0.433 bits per heavy atom. The lowest BCUT2D eigenvalue weighted by atomic mass is 9.33. The predicted octanol–water partition coefficient (Wildman–Crippen LogP) is 15.2. The summed E-state index contributed by atoms with van der Waals surface area (Å²) in [5.41, 5.74) is 25.8. The number of furan rings is 1. The number of hydrogen-bond donors (Lipinski definition) is 0. The van der Waals surface area contributed by atoms with E-state index in [1.54, 1.807) is 0 Å². The summed E-state index contributed by atoms with van der Waals surface area (Å²) in [4.78, 5) is 5.06. The molecule has 0 saturated heterocycles. The zero-order chi connectivity index (χ0) is 45.3. The van der Waals surface area contributed by atoms with Crippen molar-refractivity contribution in [3.63, 3.8) is 0 Å². The first kappa shape index (κ1) is 39.8. The second kappa shape index (κ2) is 14.5. The van der Waals surface area contributed by atoms with Crippen molar-refractivity contribution in [3.05, 3.63) is 210 Å². The maximum Gasteiger partial charge on any atom is 0.252 e. The van der Waals surface area contributed by atoms with Crippen LogP contribution < -0.4 is 26.2 Å². The molecule has 13 rings (SSSR count). The van der Waals surface area contributed by atoms with E-state index in [1.165, 1.54) is 83.6 Å². The molecule has 0 N–H and O–H groups in total. The van der Waals surface area contributed by atoms with Crippen LogP contribution >= 0.6 is 0 Å². The molecule has 0 radical (unpaired) electrons. The molecule has 3 aliphatic rings. The molecule has 10 aromatic rings. The monoisotopic (exact) mass is 862 g/mol. The van der Waals surface area contributed by atoms with E-state index in [4.69, 9.17) is 4.42 Å². The van der Waals surface area contributed by atoms with Crippen LogP contribution in [0.5, 0.6) is 0 Å². The van der Waals surface area contributed by atoms with E-state index in [0.29, 0.717) is 0 Å². The summed E-state index contributed by atoms with van der Waals surface area (Å²) in [6.07, 6.45) is 0.940. The highest BCUT2D eigenvalue weighted by atomic mass is 16.3. The largest absolute Gasteiger partial charge is 0.455 e. The van der Waals surface area contributed by atoms with Crippen LogP contribution in [0.2, 0.25) is 0 Å². The van der Waals surface area contributed by atoms with Gasteiger partial charge in [-0.1, -0.05) is 175 Å². The van der Waals surface area contributed by atoms with Crippen LogP contribution in [-0.4, -0.2) is 6.71 Å². The van der Waals surface area contributed by atoms with Crippen LogP contribution in [-0.2, 0) is 17.3 Å². The predicted molar refractivity (Wildman–Crippen MR) is 284 cm³/mol. The van der Waals surface area contributed by atoms with Gasteiger partial charge in [-0.25, -0.2) is 0 Å². The molecule has 0 saturated carbocycles. The Balaban J connectivity index is 1.05. The molecule has 3 nitrogen and oxygen atoms in total. The SMILES string of the molecule is CC(C)(C)c1ccc(N2c3cc(-c4cccc5c4Cc4ccccc4-5)ccc3B3c4ccc(-c5cccc6c5oc5ccccc56)cc4N(c4ccc(C(C)(C)C)cc4)c4cccc2c43)cc1. The number of benzene rings is 9. The Morgan fingerprint density at radius 2 is 0.940 bits per heavy atom. The molecule has 0 fully saturated rings. The summed E-state index contributed by atoms with van der Waals surface area (Å²) < 4.78 is 6.66. The number of para-hydroxylation sites is 2. The second-order valence-corrected chi connectivity index (χ2v) is 20.9. The van der Waals surface area contributed by atoms with Gasteiger partial charge >= 0.3 is 0 Å². The average Bonchev–Trinajstić information content (AvgIpc) is 3.92. The topological polar surface area (TPSA) is 19.6 Å². The van der Waals surface area contributed by atoms with Crippen molar-refractivity contribution in [2.45, 2.75) is 58.8 Å². The average molecular weight is 863 g/mol. The van der Waals surface area contributed by atoms with Crippen LogP contribution in [0, 0.1) is 0 Å². The second-order valence-electron chi connectivity index (χ2n) is 20.9. The van der Waals surface area contributed by atoms with Crippen molar-refractivity contribution >= 4 is 79.2 Å².